The van der Waals surface area contributed by atoms with Crippen LogP contribution in [-0.4, -0.2) is 28.2 Å². The number of nitrogens with zero attached hydrogens (tertiary/aromatic N) is 1. The van der Waals surface area contributed by atoms with Crippen LogP contribution in [0.25, 0.3) is 0 Å². The van der Waals surface area contributed by atoms with Gasteiger partial charge in [-0.15, -0.1) is 0 Å². The van der Waals surface area contributed by atoms with Gasteiger partial charge in [0, 0.05) is 24.1 Å². The molecule has 0 radical (unpaired) electrons. The Balaban J connectivity index is 2.68. The van der Waals surface area contributed by atoms with Gasteiger partial charge in [0.2, 0.25) is 0 Å². The average Bonchev–Trinajstić information content (AvgIpc) is 2.36. The second-order valence-corrected chi connectivity index (χ2v) is 5.81. The van der Waals surface area contributed by atoms with Crippen molar-refractivity contribution in [1.82, 2.24) is 0 Å². The maximum absolute atomic E-state index is 14.2. The molecular formula is C13H16F2N2O4. The first-order chi connectivity index (χ1) is 9.52. The normalized spacial score (nSPS) is 24.1. The van der Waals surface area contributed by atoms with Crippen molar-refractivity contribution >= 4 is 5.69 Å². The standard InChI is InChI=1S/C13H16F2N2O4/c1-11(2)6-12(16,13(14,15)7-18)9-5-8(17(19)20)3-4-10(9)21-11/h3-5,18H,6-7,16H2,1-2H3. The van der Waals surface area contributed by atoms with E-state index in [1.165, 1.54) is 6.07 Å². The van der Waals surface area contributed by atoms with Crippen LogP contribution in [0.15, 0.2) is 18.2 Å². The Morgan fingerprint density at radius 2 is 2.14 bits per heavy atom. The molecule has 0 saturated heterocycles. The van der Waals surface area contributed by atoms with Crippen molar-refractivity contribution < 1.29 is 23.5 Å². The lowest BCUT2D eigenvalue weighted by Gasteiger charge is -2.46. The predicted molar refractivity (Wildman–Crippen MR) is 70.3 cm³/mol. The minimum absolute atomic E-state index is 0.0625. The van der Waals surface area contributed by atoms with Crippen LogP contribution < -0.4 is 10.5 Å². The molecule has 8 heteroatoms. The average molecular weight is 302 g/mol. The third-order valence-electron chi connectivity index (χ3n) is 3.60. The van der Waals surface area contributed by atoms with E-state index >= 15 is 0 Å². The monoisotopic (exact) mass is 302 g/mol. The van der Waals surface area contributed by atoms with Gasteiger partial charge in [-0.05, 0) is 19.9 Å². The van der Waals surface area contributed by atoms with Gasteiger partial charge >= 0.3 is 0 Å². The number of nitro groups is 1. The molecule has 1 aromatic rings. The van der Waals surface area contributed by atoms with Crippen LogP contribution in [0.1, 0.15) is 25.8 Å². The molecule has 0 aliphatic carbocycles. The highest BCUT2D eigenvalue weighted by atomic mass is 19.3. The quantitative estimate of drug-likeness (QED) is 0.656. The molecule has 21 heavy (non-hydrogen) atoms. The SMILES string of the molecule is CC1(C)CC(N)(C(F)(F)CO)c2cc([N+](=O)[O-])ccc2O1. The summed E-state index contributed by atoms with van der Waals surface area (Å²) in [5, 5.41) is 19.8. The van der Waals surface area contributed by atoms with E-state index < -0.39 is 28.6 Å². The lowest BCUT2D eigenvalue weighted by molar-refractivity contribution is -0.385. The van der Waals surface area contributed by atoms with Gasteiger partial charge < -0.3 is 15.6 Å². The van der Waals surface area contributed by atoms with E-state index in [1.54, 1.807) is 13.8 Å². The van der Waals surface area contributed by atoms with Gasteiger partial charge in [-0.3, -0.25) is 10.1 Å². The van der Waals surface area contributed by atoms with Gasteiger partial charge in [0.05, 0.1) is 4.92 Å². The number of aliphatic hydroxyl groups is 1. The van der Waals surface area contributed by atoms with E-state index in [1.807, 2.05) is 0 Å². The highest BCUT2D eigenvalue weighted by molar-refractivity contribution is 5.50. The Morgan fingerprint density at radius 1 is 1.52 bits per heavy atom. The number of hydrogen-bond acceptors (Lipinski definition) is 5. The number of ether oxygens (including phenoxy) is 1. The van der Waals surface area contributed by atoms with Crippen molar-refractivity contribution in [3.05, 3.63) is 33.9 Å². The van der Waals surface area contributed by atoms with Crippen molar-refractivity contribution in [3.8, 4) is 5.75 Å². The van der Waals surface area contributed by atoms with Crippen LogP contribution in [-0.2, 0) is 5.54 Å². The molecule has 1 aromatic carbocycles. The Bertz CT molecular complexity index is 592. The fourth-order valence-corrected chi connectivity index (χ4v) is 2.64. The zero-order valence-electron chi connectivity index (χ0n) is 11.6. The minimum atomic E-state index is -3.64. The molecule has 0 amide bonds. The molecule has 1 aliphatic rings. The van der Waals surface area contributed by atoms with Gasteiger partial charge in [0.1, 0.15) is 23.5 Å². The maximum Gasteiger partial charge on any atom is 0.292 e. The number of benzene rings is 1. The lowest BCUT2D eigenvalue weighted by atomic mass is 9.74. The summed E-state index contributed by atoms with van der Waals surface area (Å²) in [4.78, 5) is 10.1. The fourth-order valence-electron chi connectivity index (χ4n) is 2.64. The summed E-state index contributed by atoms with van der Waals surface area (Å²) in [5.41, 5.74) is 2.12. The summed E-state index contributed by atoms with van der Waals surface area (Å²) in [6.45, 7) is 1.72. The number of nitrogens with two attached hydrogens (primary N) is 1. The number of fused-ring (bicyclic) bond motifs is 1. The number of alkyl halides is 2. The van der Waals surface area contributed by atoms with Crippen molar-refractivity contribution in [2.24, 2.45) is 5.73 Å². The van der Waals surface area contributed by atoms with Crippen molar-refractivity contribution in [1.29, 1.82) is 0 Å². The van der Waals surface area contributed by atoms with Crippen LogP contribution in [0, 0.1) is 10.1 Å². The van der Waals surface area contributed by atoms with Crippen molar-refractivity contribution in [2.45, 2.75) is 37.3 Å². The summed E-state index contributed by atoms with van der Waals surface area (Å²) in [7, 11) is 0. The largest absolute Gasteiger partial charge is 0.487 e. The van der Waals surface area contributed by atoms with E-state index in [9.17, 15) is 18.9 Å². The molecule has 6 nitrogen and oxygen atoms in total. The molecule has 0 spiro atoms. The van der Waals surface area contributed by atoms with Gasteiger partial charge in [0.25, 0.3) is 11.6 Å². The highest BCUT2D eigenvalue weighted by Crippen LogP contribution is 2.50. The number of nitro benzene ring substituents is 1. The molecule has 1 unspecified atom stereocenters. The first kappa shape index (κ1) is 15.6. The second kappa shape index (κ2) is 4.60. The smallest absolute Gasteiger partial charge is 0.292 e. The Kier molecular flexibility index (Phi) is 3.42. The molecule has 0 fully saturated rings. The third-order valence-corrected chi connectivity index (χ3v) is 3.60. The molecule has 0 bridgehead atoms. The van der Waals surface area contributed by atoms with Crippen LogP contribution in [0.4, 0.5) is 14.5 Å². The van der Waals surface area contributed by atoms with E-state index in [2.05, 4.69) is 0 Å². The van der Waals surface area contributed by atoms with Crippen LogP contribution >= 0.6 is 0 Å². The van der Waals surface area contributed by atoms with E-state index in [-0.39, 0.29) is 23.4 Å². The summed E-state index contributed by atoms with van der Waals surface area (Å²) < 4.78 is 33.9. The first-order valence-corrected chi connectivity index (χ1v) is 6.28. The minimum Gasteiger partial charge on any atom is -0.487 e. The zero-order chi connectivity index (χ0) is 16.1. The first-order valence-electron chi connectivity index (χ1n) is 6.28. The fraction of sp³-hybridized carbons (Fsp3) is 0.538. The molecule has 1 atom stereocenters. The topological polar surface area (TPSA) is 98.6 Å². The summed E-state index contributed by atoms with van der Waals surface area (Å²) in [6, 6.07) is 3.40. The highest BCUT2D eigenvalue weighted by Gasteiger charge is 2.58. The lowest BCUT2D eigenvalue weighted by Crippen LogP contribution is -2.61. The van der Waals surface area contributed by atoms with E-state index in [4.69, 9.17) is 15.6 Å². The maximum atomic E-state index is 14.2. The molecule has 0 aromatic heterocycles. The number of aliphatic hydroxyl groups excluding tert-OH is 1. The van der Waals surface area contributed by atoms with E-state index in [0.717, 1.165) is 12.1 Å². The van der Waals surface area contributed by atoms with Crippen molar-refractivity contribution in [3.63, 3.8) is 0 Å². The molecule has 116 valence electrons. The predicted octanol–water partition coefficient (Wildman–Crippen LogP) is 1.94. The number of hydrogen-bond donors (Lipinski definition) is 2. The Labute approximate surface area is 119 Å². The van der Waals surface area contributed by atoms with Crippen LogP contribution in [0.5, 0.6) is 5.75 Å². The van der Waals surface area contributed by atoms with E-state index in [0.29, 0.717) is 0 Å². The summed E-state index contributed by atoms with van der Waals surface area (Å²) in [6.07, 6.45) is -0.290. The molecule has 3 N–H and O–H groups in total. The van der Waals surface area contributed by atoms with Crippen LogP contribution in [0.2, 0.25) is 0 Å². The number of rotatable bonds is 3. The van der Waals surface area contributed by atoms with Gasteiger partial charge in [-0.25, -0.2) is 8.78 Å². The van der Waals surface area contributed by atoms with Gasteiger partial charge in [-0.2, -0.15) is 0 Å². The molecule has 1 aliphatic heterocycles. The van der Waals surface area contributed by atoms with Gasteiger partial charge in [-0.1, -0.05) is 0 Å². The van der Waals surface area contributed by atoms with Gasteiger partial charge in [0.15, 0.2) is 0 Å². The molecule has 0 saturated carbocycles. The molecular weight excluding hydrogens is 286 g/mol. The molecule has 2 rings (SSSR count). The second-order valence-electron chi connectivity index (χ2n) is 5.81. The Hall–Kier alpha value is -1.80. The number of non-ortho nitro benzene ring substituents is 1. The summed E-state index contributed by atoms with van der Waals surface area (Å²) in [5.74, 6) is -3.58. The summed E-state index contributed by atoms with van der Waals surface area (Å²) >= 11 is 0. The zero-order valence-corrected chi connectivity index (χ0v) is 11.6. The third kappa shape index (κ3) is 2.44. The molecule has 1 heterocycles. The Morgan fingerprint density at radius 3 is 2.67 bits per heavy atom. The number of halogens is 2. The van der Waals surface area contributed by atoms with Crippen LogP contribution in [0.3, 0.4) is 0 Å². The van der Waals surface area contributed by atoms with Crippen molar-refractivity contribution in [2.75, 3.05) is 6.61 Å².